The van der Waals surface area contributed by atoms with Crippen molar-refractivity contribution in [1.29, 1.82) is 0 Å². The van der Waals surface area contributed by atoms with Crippen LogP contribution in [0.1, 0.15) is 19.3 Å². The molecule has 0 aromatic carbocycles. The van der Waals surface area contributed by atoms with Gasteiger partial charge in [-0.15, -0.1) is 0 Å². The second kappa shape index (κ2) is 5.24. The highest BCUT2D eigenvalue weighted by atomic mass is 32.2. The Balaban J connectivity index is 2.23. The van der Waals surface area contributed by atoms with E-state index in [0.717, 1.165) is 25.1 Å². The van der Waals surface area contributed by atoms with E-state index in [0.29, 0.717) is 13.1 Å². The summed E-state index contributed by atoms with van der Waals surface area (Å²) in [6.07, 6.45) is 4.45. The van der Waals surface area contributed by atoms with Crippen LogP contribution in [0.15, 0.2) is 23.2 Å². The Bertz CT molecular complexity index is 491. The maximum Gasteiger partial charge on any atom is 0.244 e. The van der Waals surface area contributed by atoms with E-state index < -0.39 is 10.0 Å². The zero-order valence-electron chi connectivity index (χ0n) is 10.8. The molecule has 0 N–H and O–H groups in total. The number of rotatable bonds is 3. The molecule has 0 aliphatic carbocycles. The van der Waals surface area contributed by atoms with Crippen LogP contribution in [0.25, 0.3) is 0 Å². The summed E-state index contributed by atoms with van der Waals surface area (Å²) < 4.78 is 26.2. The molecule has 1 aromatic rings. The van der Waals surface area contributed by atoms with Gasteiger partial charge < -0.3 is 4.90 Å². The molecule has 0 saturated carbocycles. The summed E-state index contributed by atoms with van der Waals surface area (Å²) in [6.45, 7) is 1.25. The minimum absolute atomic E-state index is 0.287. The summed E-state index contributed by atoms with van der Waals surface area (Å²) in [5.41, 5.74) is 0. The van der Waals surface area contributed by atoms with E-state index in [9.17, 15) is 8.42 Å². The van der Waals surface area contributed by atoms with E-state index in [1.807, 2.05) is 19.0 Å². The molecule has 18 heavy (non-hydrogen) atoms. The summed E-state index contributed by atoms with van der Waals surface area (Å²) in [5, 5.41) is 0. The number of aromatic nitrogens is 1. The highest BCUT2D eigenvalue weighted by Crippen LogP contribution is 2.20. The van der Waals surface area contributed by atoms with Crippen LogP contribution in [0.2, 0.25) is 0 Å². The van der Waals surface area contributed by atoms with Gasteiger partial charge in [-0.2, -0.15) is 4.31 Å². The third-order valence-electron chi connectivity index (χ3n) is 3.13. The van der Waals surface area contributed by atoms with Crippen molar-refractivity contribution in [3.05, 3.63) is 18.3 Å². The average Bonchev–Trinajstić information content (AvgIpc) is 2.40. The van der Waals surface area contributed by atoms with E-state index in [2.05, 4.69) is 4.98 Å². The molecule has 1 saturated heterocycles. The Labute approximate surface area is 108 Å². The molecular weight excluding hydrogens is 250 g/mol. The number of hydrogen-bond donors (Lipinski definition) is 0. The van der Waals surface area contributed by atoms with E-state index in [-0.39, 0.29) is 4.90 Å². The molecule has 0 unspecified atom stereocenters. The Morgan fingerprint density at radius 1 is 1.17 bits per heavy atom. The normalized spacial score (nSPS) is 17.7. The first-order chi connectivity index (χ1) is 8.51. The van der Waals surface area contributed by atoms with Crippen LogP contribution in [0.3, 0.4) is 0 Å². The minimum Gasteiger partial charge on any atom is -0.363 e. The van der Waals surface area contributed by atoms with E-state index in [1.165, 1.54) is 6.20 Å². The predicted molar refractivity (Wildman–Crippen MR) is 71.2 cm³/mol. The predicted octanol–water partition coefficient (Wildman–Crippen LogP) is 1.32. The summed E-state index contributed by atoms with van der Waals surface area (Å²) >= 11 is 0. The van der Waals surface area contributed by atoms with Gasteiger partial charge in [0.15, 0.2) is 0 Å². The molecule has 5 nitrogen and oxygen atoms in total. The van der Waals surface area contributed by atoms with Crippen molar-refractivity contribution in [2.45, 2.75) is 24.2 Å². The van der Waals surface area contributed by atoms with E-state index in [4.69, 9.17) is 0 Å². The van der Waals surface area contributed by atoms with Crippen molar-refractivity contribution in [3.63, 3.8) is 0 Å². The maximum atomic E-state index is 12.3. The van der Waals surface area contributed by atoms with E-state index >= 15 is 0 Å². The van der Waals surface area contributed by atoms with Gasteiger partial charge in [-0.3, -0.25) is 0 Å². The van der Waals surface area contributed by atoms with Crippen molar-refractivity contribution in [1.82, 2.24) is 9.29 Å². The molecule has 0 amide bonds. The zero-order chi connectivity index (χ0) is 13.2. The summed E-state index contributed by atoms with van der Waals surface area (Å²) in [6, 6.07) is 3.36. The largest absolute Gasteiger partial charge is 0.363 e. The topological polar surface area (TPSA) is 53.5 Å². The lowest BCUT2D eigenvalue weighted by molar-refractivity contribution is 0.346. The van der Waals surface area contributed by atoms with E-state index in [1.54, 1.807) is 16.4 Å². The van der Waals surface area contributed by atoms with Gasteiger partial charge in [0.25, 0.3) is 0 Å². The van der Waals surface area contributed by atoms with Gasteiger partial charge in [-0.1, -0.05) is 6.42 Å². The number of sulfonamides is 1. The fraction of sp³-hybridized carbons (Fsp3) is 0.583. The van der Waals surface area contributed by atoms with Crippen LogP contribution in [0, 0.1) is 0 Å². The fourth-order valence-corrected chi connectivity index (χ4v) is 3.51. The van der Waals surface area contributed by atoms with Crippen LogP contribution in [0.5, 0.6) is 0 Å². The molecule has 0 spiro atoms. The molecule has 2 rings (SSSR count). The molecule has 1 aromatic heterocycles. The van der Waals surface area contributed by atoms with Crippen molar-refractivity contribution in [2.24, 2.45) is 0 Å². The van der Waals surface area contributed by atoms with Crippen molar-refractivity contribution >= 4 is 15.8 Å². The molecule has 1 aliphatic heterocycles. The van der Waals surface area contributed by atoms with Crippen LogP contribution in [-0.4, -0.2) is 44.9 Å². The van der Waals surface area contributed by atoms with Crippen molar-refractivity contribution in [2.75, 3.05) is 32.1 Å². The third kappa shape index (κ3) is 2.64. The second-order valence-corrected chi connectivity index (χ2v) is 6.65. The SMILES string of the molecule is CN(C)c1ccc(S(=O)(=O)N2CCCCC2)cn1. The molecule has 100 valence electrons. The zero-order valence-corrected chi connectivity index (χ0v) is 11.7. The van der Waals surface area contributed by atoms with Gasteiger partial charge in [0, 0.05) is 33.4 Å². The number of pyridine rings is 1. The Kier molecular flexibility index (Phi) is 3.87. The molecule has 0 atom stereocenters. The molecule has 0 radical (unpaired) electrons. The summed E-state index contributed by atoms with van der Waals surface area (Å²) in [4.78, 5) is 6.29. The van der Waals surface area contributed by atoms with Crippen LogP contribution >= 0.6 is 0 Å². The Morgan fingerprint density at radius 2 is 1.83 bits per heavy atom. The van der Waals surface area contributed by atoms with Crippen molar-refractivity contribution < 1.29 is 8.42 Å². The fourth-order valence-electron chi connectivity index (χ4n) is 2.04. The molecule has 6 heteroatoms. The summed E-state index contributed by atoms with van der Waals surface area (Å²) in [5.74, 6) is 0.757. The molecule has 0 bridgehead atoms. The molecule has 1 aliphatic rings. The first-order valence-corrected chi connectivity index (χ1v) is 7.59. The van der Waals surface area contributed by atoms with Crippen LogP contribution < -0.4 is 4.90 Å². The van der Waals surface area contributed by atoms with Gasteiger partial charge >= 0.3 is 0 Å². The molecular formula is C12H19N3O2S. The number of piperidine rings is 1. The smallest absolute Gasteiger partial charge is 0.244 e. The highest BCUT2D eigenvalue weighted by Gasteiger charge is 2.26. The van der Waals surface area contributed by atoms with Crippen LogP contribution in [-0.2, 0) is 10.0 Å². The van der Waals surface area contributed by atoms with Gasteiger partial charge in [-0.05, 0) is 25.0 Å². The highest BCUT2D eigenvalue weighted by molar-refractivity contribution is 7.89. The lowest BCUT2D eigenvalue weighted by Gasteiger charge is -2.25. The quantitative estimate of drug-likeness (QED) is 0.830. The lowest BCUT2D eigenvalue weighted by atomic mass is 10.2. The van der Waals surface area contributed by atoms with Gasteiger partial charge in [0.05, 0.1) is 0 Å². The maximum absolute atomic E-state index is 12.3. The standard InChI is InChI=1S/C12H19N3O2S/c1-14(2)12-7-6-11(10-13-12)18(16,17)15-8-4-3-5-9-15/h6-7,10H,3-5,8-9H2,1-2H3. The first kappa shape index (κ1) is 13.3. The van der Waals surface area contributed by atoms with Gasteiger partial charge in [0.1, 0.15) is 10.7 Å². The minimum atomic E-state index is -3.35. The molecule has 2 heterocycles. The van der Waals surface area contributed by atoms with Crippen molar-refractivity contribution in [3.8, 4) is 0 Å². The third-order valence-corrected chi connectivity index (χ3v) is 5.01. The first-order valence-electron chi connectivity index (χ1n) is 6.15. The Hall–Kier alpha value is -1.14. The number of nitrogens with zero attached hydrogens (tertiary/aromatic N) is 3. The summed E-state index contributed by atoms with van der Waals surface area (Å²) in [7, 11) is 0.400. The lowest BCUT2D eigenvalue weighted by Crippen LogP contribution is -2.35. The van der Waals surface area contributed by atoms with Gasteiger partial charge in [-0.25, -0.2) is 13.4 Å². The number of hydrogen-bond acceptors (Lipinski definition) is 4. The average molecular weight is 269 g/mol. The van der Waals surface area contributed by atoms with Crippen LogP contribution in [0.4, 0.5) is 5.82 Å². The number of anilines is 1. The van der Waals surface area contributed by atoms with Gasteiger partial charge in [0.2, 0.25) is 10.0 Å². The second-order valence-electron chi connectivity index (χ2n) is 4.71. The Morgan fingerprint density at radius 3 is 2.33 bits per heavy atom. The monoisotopic (exact) mass is 269 g/mol. The molecule has 1 fully saturated rings.